The summed E-state index contributed by atoms with van der Waals surface area (Å²) in [6.45, 7) is 0.213. The molecule has 0 saturated heterocycles. The van der Waals surface area contributed by atoms with Gasteiger partial charge in [0.15, 0.2) is 4.60 Å². The first-order chi connectivity index (χ1) is 9.32. The van der Waals surface area contributed by atoms with Crippen molar-refractivity contribution in [3.05, 3.63) is 34.4 Å². The van der Waals surface area contributed by atoms with Crippen molar-refractivity contribution in [2.24, 2.45) is 7.05 Å². The van der Waals surface area contributed by atoms with Crippen LogP contribution in [-0.2, 0) is 23.6 Å². The van der Waals surface area contributed by atoms with Crippen LogP contribution in [0, 0.1) is 0 Å². The molecule has 0 bridgehead atoms. The van der Waals surface area contributed by atoms with Gasteiger partial charge in [-0.15, -0.1) is 5.10 Å². The van der Waals surface area contributed by atoms with Crippen LogP contribution in [0.1, 0.15) is 5.56 Å². The van der Waals surface area contributed by atoms with E-state index in [1.165, 1.54) is 23.1 Å². The average molecular weight is 360 g/mol. The first-order valence-corrected chi connectivity index (χ1v) is 7.91. The number of halogens is 1. The molecule has 2 aromatic rings. The average Bonchev–Trinajstić information content (AvgIpc) is 2.69. The van der Waals surface area contributed by atoms with Crippen molar-refractivity contribution in [3.8, 4) is 0 Å². The number of nitrogens with zero attached hydrogens (tertiary/aromatic N) is 4. The van der Waals surface area contributed by atoms with E-state index in [-0.39, 0.29) is 16.2 Å². The molecule has 2 N–H and O–H groups in total. The smallest absolute Gasteiger partial charge is 0.263 e. The number of hydrogen-bond acceptors (Lipinski definition) is 5. The number of sulfonamides is 1. The molecule has 0 aliphatic rings. The maximum atomic E-state index is 12.5. The van der Waals surface area contributed by atoms with E-state index in [0.29, 0.717) is 5.69 Å². The Hall–Kier alpha value is -1.45. The predicted octanol–water partition coefficient (Wildman–Crippen LogP) is 0.981. The second kappa shape index (κ2) is 5.51. The van der Waals surface area contributed by atoms with Gasteiger partial charge < -0.3 is 5.73 Å². The maximum Gasteiger partial charge on any atom is 0.263 e. The minimum atomic E-state index is -3.68. The Kier molecular flexibility index (Phi) is 4.11. The highest BCUT2D eigenvalue weighted by molar-refractivity contribution is 9.10. The van der Waals surface area contributed by atoms with Crippen LogP contribution in [-0.4, -0.2) is 34.8 Å². The van der Waals surface area contributed by atoms with Gasteiger partial charge in [0.1, 0.15) is 0 Å². The Labute approximate surface area is 125 Å². The molecule has 2 rings (SSSR count). The normalized spacial score (nSPS) is 12.0. The third-order valence-corrected chi connectivity index (χ3v) is 5.44. The third-order valence-electron chi connectivity index (χ3n) is 2.75. The lowest BCUT2D eigenvalue weighted by Gasteiger charge is -2.17. The number of aromatic nitrogens is 3. The Morgan fingerprint density at radius 1 is 1.45 bits per heavy atom. The zero-order valence-corrected chi connectivity index (χ0v) is 13.4. The summed E-state index contributed by atoms with van der Waals surface area (Å²) >= 11 is 3.10. The van der Waals surface area contributed by atoms with Crippen LogP contribution in [0.4, 0.5) is 5.69 Å². The third kappa shape index (κ3) is 2.84. The van der Waals surface area contributed by atoms with Gasteiger partial charge in [-0.3, -0.25) is 0 Å². The van der Waals surface area contributed by atoms with Gasteiger partial charge in [0.05, 0.1) is 0 Å². The monoisotopic (exact) mass is 359 g/mol. The van der Waals surface area contributed by atoms with Gasteiger partial charge in [0, 0.05) is 26.3 Å². The molecule has 0 unspecified atom stereocenters. The van der Waals surface area contributed by atoms with E-state index < -0.39 is 10.0 Å². The number of aryl methyl sites for hydroxylation is 1. The predicted molar refractivity (Wildman–Crippen MR) is 78.2 cm³/mol. The molecule has 0 atom stereocenters. The second-order valence-corrected chi connectivity index (χ2v) is 7.03. The molecule has 108 valence electrons. The topological polar surface area (TPSA) is 94.1 Å². The van der Waals surface area contributed by atoms with E-state index in [2.05, 4.69) is 26.2 Å². The van der Waals surface area contributed by atoms with Crippen molar-refractivity contribution in [1.29, 1.82) is 0 Å². The molecule has 0 aliphatic carbocycles. The minimum Gasteiger partial charge on any atom is -0.399 e. The first kappa shape index (κ1) is 14.9. The molecule has 0 aliphatic heterocycles. The van der Waals surface area contributed by atoms with Crippen molar-refractivity contribution < 1.29 is 8.42 Å². The van der Waals surface area contributed by atoms with Gasteiger partial charge in [-0.2, -0.15) is 4.31 Å². The van der Waals surface area contributed by atoms with Gasteiger partial charge in [-0.25, -0.2) is 13.1 Å². The molecule has 1 aromatic carbocycles. The summed E-state index contributed by atoms with van der Waals surface area (Å²) in [5.41, 5.74) is 7.09. The second-order valence-electron chi connectivity index (χ2n) is 4.32. The summed E-state index contributed by atoms with van der Waals surface area (Å²) in [5.74, 6) is 0. The molecular formula is C11H14BrN5O2S. The maximum absolute atomic E-state index is 12.5. The van der Waals surface area contributed by atoms with Gasteiger partial charge in [-0.1, -0.05) is 17.3 Å². The largest absolute Gasteiger partial charge is 0.399 e. The summed E-state index contributed by atoms with van der Waals surface area (Å²) in [5, 5.41) is 7.39. The quantitative estimate of drug-likeness (QED) is 0.821. The van der Waals surface area contributed by atoms with Crippen LogP contribution in [0.25, 0.3) is 0 Å². The molecule has 0 fully saturated rings. The van der Waals surface area contributed by atoms with Gasteiger partial charge in [0.25, 0.3) is 10.0 Å². The van der Waals surface area contributed by atoms with Gasteiger partial charge in [0.2, 0.25) is 5.03 Å². The zero-order chi connectivity index (χ0) is 14.9. The summed E-state index contributed by atoms with van der Waals surface area (Å²) in [4.78, 5) is 0. The van der Waals surface area contributed by atoms with E-state index >= 15 is 0 Å². The zero-order valence-electron chi connectivity index (χ0n) is 11.0. The molecule has 0 spiro atoms. The molecule has 9 heteroatoms. The fraction of sp³-hybridized carbons (Fsp3) is 0.273. The molecule has 0 radical (unpaired) electrons. The SMILES string of the molecule is CN(Cc1cccc(N)c1)S(=O)(=O)c1c(Br)nnn1C. The summed E-state index contributed by atoms with van der Waals surface area (Å²) < 4.78 is 27.6. The Morgan fingerprint density at radius 3 is 2.70 bits per heavy atom. The van der Waals surface area contributed by atoms with Crippen molar-refractivity contribution in [3.63, 3.8) is 0 Å². The molecule has 1 aromatic heterocycles. The van der Waals surface area contributed by atoms with Crippen molar-refractivity contribution in [2.45, 2.75) is 11.6 Å². The Morgan fingerprint density at radius 2 is 2.15 bits per heavy atom. The van der Waals surface area contributed by atoms with Crippen LogP contribution in [0.3, 0.4) is 0 Å². The van der Waals surface area contributed by atoms with Crippen LogP contribution in [0.5, 0.6) is 0 Å². The molecule has 1 heterocycles. The minimum absolute atomic E-state index is 0.0175. The summed E-state index contributed by atoms with van der Waals surface area (Å²) in [7, 11) is -0.660. The molecule has 0 saturated carbocycles. The van der Waals surface area contributed by atoms with Crippen molar-refractivity contribution in [2.75, 3.05) is 12.8 Å². The van der Waals surface area contributed by atoms with Gasteiger partial charge >= 0.3 is 0 Å². The molecule has 7 nitrogen and oxygen atoms in total. The molecular weight excluding hydrogens is 346 g/mol. The summed E-state index contributed by atoms with van der Waals surface area (Å²) in [6, 6.07) is 7.09. The van der Waals surface area contributed by atoms with Crippen LogP contribution in [0.2, 0.25) is 0 Å². The first-order valence-electron chi connectivity index (χ1n) is 5.68. The standard InChI is InChI=1S/C11H14BrN5O2S/c1-16(7-8-4-3-5-9(13)6-8)20(18,19)11-10(12)14-15-17(11)2/h3-6H,7,13H2,1-2H3. The summed E-state index contributed by atoms with van der Waals surface area (Å²) in [6.07, 6.45) is 0. The number of anilines is 1. The lowest BCUT2D eigenvalue weighted by atomic mass is 10.2. The Balaban J connectivity index is 2.31. The molecule has 0 amide bonds. The van der Waals surface area contributed by atoms with E-state index in [1.54, 1.807) is 18.2 Å². The van der Waals surface area contributed by atoms with Crippen LogP contribution in [0.15, 0.2) is 33.9 Å². The highest BCUT2D eigenvalue weighted by Gasteiger charge is 2.28. The lowest BCUT2D eigenvalue weighted by molar-refractivity contribution is 0.456. The van der Waals surface area contributed by atoms with Crippen molar-refractivity contribution in [1.82, 2.24) is 19.3 Å². The van der Waals surface area contributed by atoms with E-state index in [4.69, 9.17) is 5.73 Å². The highest BCUT2D eigenvalue weighted by atomic mass is 79.9. The lowest BCUT2D eigenvalue weighted by Crippen LogP contribution is -2.28. The van der Waals surface area contributed by atoms with E-state index in [1.807, 2.05) is 6.07 Å². The highest BCUT2D eigenvalue weighted by Crippen LogP contribution is 2.22. The fourth-order valence-electron chi connectivity index (χ4n) is 1.78. The number of benzene rings is 1. The van der Waals surface area contributed by atoms with Crippen LogP contribution < -0.4 is 5.73 Å². The van der Waals surface area contributed by atoms with E-state index in [0.717, 1.165) is 5.56 Å². The fourth-order valence-corrected chi connectivity index (χ4v) is 3.96. The number of nitrogens with two attached hydrogens (primary N) is 1. The number of hydrogen-bond donors (Lipinski definition) is 1. The van der Waals surface area contributed by atoms with Gasteiger partial charge in [-0.05, 0) is 33.6 Å². The van der Waals surface area contributed by atoms with E-state index in [9.17, 15) is 8.42 Å². The number of nitrogen functional groups attached to an aromatic ring is 1. The van der Waals surface area contributed by atoms with Crippen molar-refractivity contribution >= 4 is 31.6 Å². The Bertz CT molecular complexity index is 709. The number of rotatable bonds is 4. The van der Waals surface area contributed by atoms with Crippen LogP contribution >= 0.6 is 15.9 Å². The molecule has 20 heavy (non-hydrogen) atoms.